The van der Waals surface area contributed by atoms with Crippen molar-refractivity contribution >= 4 is 17.7 Å². The zero-order chi connectivity index (χ0) is 12.8. The van der Waals surface area contributed by atoms with Gasteiger partial charge in [0.05, 0.1) is 5.56 Å². The smallest absolute Gasteiger partial charge is 0.338 e. The topological polar surface area (TPSA) is 57.5 Å². The second-order valence-corrected chi connectivity index (χ2v) is 5.18. The predicted molar refractivity (Wildman–Crippen MR) is 65.8 cm³/mol. The summed E-state index contributed by atoms with van der Waals surface area (Å²) in [4.78, 5) is 10.7. The summed E-state index contributed by atoms with van der Waals surface area (Å²) in [6, 6.07) is 4.12. The molecule has 0 aliphatic carbocycles. The van der Waals surface area contributed by atoms with E-state index in [1.165, 1.54) is 12.1 Å². The molecule has 0 radical (unpaired) electrons. The average Bonchev–Trinajstić information content (AvgIpc) is 2.28. The first-order valence-electron chi connectivity index (χ1n) is 5.28. The summed E-state index contributed by atoms with van der Waals surface area (Å²) in [5, 5.41) is 17.8. The third kappa shape index (κ3) is 4.36. The highest BCUT2D eigenvalue weighted by Crippen LogP contribution is 2.21. The Morgan fingerprint density at radius 1 is 1.53 bits per heavy atom. The number of carboxylic acids is 1. The van der Waals surface area contributed by atoms with Gasteiger partial charge in [0.25, 0.3) is 0 Å². The lowest BCUT2D eigenvalue weighted by atomic mass is 10.1. The lowest BCUT2D eigenvalue weighted by Crippen LogP contribution is -2.03. The van der Waals surface area contributed by atoms with Crippen molar-refractivity contribution in [1.29, 1.82) is 0 Å². The zero-order valence-electron chi connectivity index (χ0n) is 9.52. The van der Waals surface area contributed by atoms with Crippen LogP contribution in [-0.4, -0.2) is 28.0 Å². The van der Waals surface area contributed by atoms with Gasteiger partial charge in [0.1, 0.15) is 5.82 Å². The highest BCUT2D eigenvalue weighted by atomic mass is 32.2. The summed E-state index contributed by atoms with van der Waals surface area (Å²) < 4.78 is 13.1. The molecule has 0 saturated carbocycles. The number of hydrogen-bond acceptors (Lipinski definition) is 3. The van der Waals surface area contributed by atoms with E-state index in [2.05, 4.69) is 0 Å². The zero-order valence-corrected chi connectivity index (χ0v) is 10.3. The molecular formula is C12H15FO3S. The second-order valence-electron chi connectivity index (χ2n) is 3.75. The Labute approximate surface area is 104 Å². The summed E-state index contributed by atoms with van der Waals surface area (Å²) in [6.07, 6.45) is 0.692. The van der Waals surface area contributed by atoms with Crippen molar-refractivity contribution in [3.8, 4) is 0 Å². The number of benzene rings is 1. The van der Waals surface area contributed by atoms with Gasteiger partial charge >= 0.3 is 5.97 Å². The van der Waals surface area contributed by atoms with Crippen LogP contribution in [0, 0.1) is 5.82 Å². The molecule has 5 heteroatoms. The van der Waals surface area contributed by atoms with Gasteiger partial charge in [-0.25, -0.2) is 9.18 Å². The van der Waals surface area contributed by atoms with Gasteiger partial charge < -0.3 is 10.2 Å². The van der Waals surface area contributed by atoms with E-state index in [1.54, 1.807) is 17.8 Å². The van der Waals surface area contributed by atoms with E-state index >= 15 is 0 Å². The maximum absolute atomic E-state index is 13.1. The Hall–Kier alpha value is -1.07. The van der Waals surface area contributed by atoms with Crippen molar-refractivity contribution in [2.75, 3.05) is 6.61 Å². The fourth-order valence-corrected chi connectivity index (χ4v) is 2.26. The molecule has 1 unspecified atom stereocenters. The van der Waals surface area contributed by atoms with Crippen molar-refractivity contribution in [2.45, 2.75) is 24.3 Å². The SMILES string of the molecule is CC(CCO)SCc1ccc(F)c(C(=O)O)c1. The Balaban J connectivity index is 2.66. The molecule has 2 N–H and O–H groups in total. The summed E-state index contributed by atoms with van der Waals surface area (Å²) in [5.41, 5.74) is 0.483. The molecule has 0 heterocycles. The number of aromatic carboxylic acids is 1. The molecule has 1 atom stereocenters. The van der Waals surface area contributed by atoms with Crippen molar-refractivity contribution in [3.05, 3.63) is 35.1 Å². The minimum absolute atomic E-state index is 0.137. The molecule has 0 aliphatic rings. The maximum Gasteiger partial charge on any atom is 0.338 e. The lowest BCUT2D eigenvalue weighted by molar-refractivity contribution is 0.0692. The Bertz CT molecular complexity index is 395. The molecule has 1 aromatic rings. The van der Waals surface area contributed by atoms with E-state index in [1.807, 2.05) is 6.92 Å². The third-order valence-corrected chi connectivity index (χ3v) is 3.64. The fraction of sp³-hybridized carbons (Fsp3) is 0.417. The number of hydrogen-bond donors (Lipinski definition) is 2. The molecule has 0 bridgehead atoms. The Morgan fingerprint density at radius 3 is 2.82 bits per heavy atom. The molecule has 1 rings (SSSR count). The highest BCUT2D eigenvalue weighted by Gasteiger charge is 2.11. The van der Waals surface area contributed by atoms with E-state index in [0.29, 0.717) is 17.4 Å². The van der Waals surface area contributed by atoms with Gasteiger partial charge in [-0.2, -0.15) is 11.8 Å². The molecule has 17 heavy (non-hydrogen) atoms. The van der Waals surface area contributed by atoms with Gasteiger partial charge in [-0.1, -0.05) is 13.0 Å². The number of aliphatic hydroxyl groups is 1. The molecule has 0 fully saturated rings. The van der Waals surface area contributed by atoms with Crippen molar-refractivity contribution in [1.82, 2.24) is 0 Å². The average molecular weight is 258 g/mol. The van der Waals surface area contributed by atoms with Crippen LogP contribution in [0.4, 0.5) is 4.39 Å². The van der Waals surface area contributed by atoms with Crippen LogP contribution in [-0.2, 0) is 5.75 Å². The van der Waals surface area contributed by atoms with Crippen LogP contribution in [0.2, 0.25) is 0 Å². The minimum Gasteiger partial charge on any atom is -0.478 e. The second kappa shape index (κ2) is 6.61. The standard InChI is InChI=1S/C12H15FO3S/c1-8(4-5-14)17-7-9-2-3-11(13)10(6-9)12(15)16/h2-3,6,8,14H,4-5,7H2,1H3,(H,15,16). The monoisotopic (exact) mass is 258 g/mol. The van der Waals surface area contributed by atoms with Crippen molar-refractivity contribution < 1.29 is 19.4 Å². The van der Waals surface area contributed by atoms with Gasteiger partial charge in [-0.15, -0.1) is 0 Å². The largest absolute Gasteiger partial charge is 0.478 e. The quantitative estimate of drug-likeness (QED) is 0.823. The summed E-state index contributed by atoms with van der Waals surface area (Å²) >= 11 is 1.60. The van der Waals surface area contributed by atoms with Gasteiger partial charge in [0.15, 0.2) is 0 Å². The van der Waals surface area contributed by atoms with Gasteiger partial charge in [0, 0.05) is 17.6 Å². The molecule has 0 aliphatic heterocycles. The van der Waals surface area contributed by atoms with Gasteiger partial charge in [0.2, 0.25) is 0 Å². The molecule has 0 spiro atoms. The summed E-state index contributed by atoms with van der Waals surface area (Å²) in [5.74, 6) is -1.35. The van der Waals surface area contributed by atoms with Crippen LogP contribution in [0.3, 0.4) is 0 Å². The highest BCUT2D eigenvalue weighted by molar-refractivity contribution is 7.99. The van der Waals surface area contributed by atoms with Crippen molar-refractivity contribution in [2.24, 2.45) is 0 Å². The lowest BCUT2D eigenvalue weighted by Gasteiger charge is -2.09. The number of carbonyl (C=O) groups is 1. The molecule has 3 nitrogen and oxygen atoms in total. The fourth-order valence-electron chi connectivity index (χ4n) is 1.33. The number of thioether (sulfide) groups is 1. The van der Waals surface area contributed by atoms with E-state index in [-0.39, 0.29) is 12.2 Å². The van der Waals surface area contributed by atoms with E-state index in [4.69, 9.17) is 10.2 Å². The summed E-state index contributed by atoms with van der Waals surface area (Å²) in [6.45, 7) is 2.13. The van der Waals surface area contributed by atoms with E-state index in [9.17, 15) is 9.18 Å². The van der Waals surface area contributed by atoms with Gasteiger partial charge in [-0.3, -0.25) is 0 Å². The molecule has 94 valence electrons. The van der Waals surface area contributed by atoms with Crippen LogP contribution in [0.5, 0.6) is 0 Å². The minimum atomic E-state index is -1.25. The first-order valence-corrected chi connectivity index (χ1v) is 6.33. The normalized spacial score (nSPS) is 12.4. The van der Waals surface area contributed by atoms with E-state index in [0.717, 1.165) is 5.56 Å². The molecular weight excluding hydrogens is 243 g/mol. The van der Waals surface area contributed by atoms with Crippen molar-refractivity contribution in [3.63, 3.8) is 0 Å². The molecule has 1 aromatic carbocycles. The van der Waals surface area contributed by atoms with Crippen LogP contribution in [0.15, 0.2) is 18.2 Å². The third-order valence-electron chi connectivity index (χ3n) is 2.33. The number of rotatable bonds is 6. The van der Waals surface area contributed by atoms with Crippen LogP contribution >= 0.6 is 11.8 Å². The summed E-state index contributed by atoms with van der Waals surface area (Å²) in [7, 11) is 0. The molecule has 0 aromatic heterocycles. The van der Waals surface area contributed by atoms with E-state index < -0.39 is 11.8 Å². The number of carboxylic acid groups (broad SMARTS) is 1. The molecule has 0 saturated heterocycles. The number of aliphatic hydroxyl groups excluding tert-OH is 1. The number of halogens is 1. The van der Waals surface area contributed by atoms with Crippen LogP contribution in [0.25, 0.3) is 0 Å². The van der Waals surface area contributed by atoms with Gasteiger partial charge in [-0.05, 0) is 24.1 Å². The van der Waals surface area contributed by atoms with Crippen LogP contribution in [0.1, 0.15) is 29.3 Å². The molecule has 0 amide bonds. The first kappa shape index (κ1) is 14.0. The maximum atomic E-state index is 13.1. The Morgan fingerprint density at radius 2 is 2.24 bits per heavy atom. The first-order chi connectivity index (χ1) is 8.04. The van der Waals surface area contributed by atoms with Crippen LogP contribution < -0.4 is 0 Å². The Kier molecular flexibility index (Phi) is 5.44. The predicted octanol–water partition coefficient (Wildman–Crippen LogP) is 2.53.